The molecule has 0 saturated carbocycles. The lowest BCUT2D eigenvalue weighted by Gasteiger charge is -2.37. The average Bonchev–Trinajstić information content (AvgIpc) is 2.94. The molecule has 0 atom stereocenters. The molecule has 1 aromatic carbocycles. The zero-order valence-corrected chi connectivity index (χ0v) is 15.0. The number of halogens is 4. The number of rotatable bonds is 2. The van der Waals surface area contributed by atoms with E-state index >= 15 is 0 Å². The van der Waals surface area contributed by atoms with Gasteiger partial charge in [-0.3, -0.25) is 5.32 Å². The van der Waals surface area contributed by atoms with E-state index in [1.54, 1.807) is 0 Å². The third-order valence-corrected chi connectivity index (χ3v) is 7.21. The van der Waals surface area contributed by atoms with Crippen molar-refractivity contribution in [3.05, 3.63) is 28.2 Å². The molecule has 134 valence electrons. The minimum absolute atomic E-state index is 0.0900. The van der Waals surface area contributed by atoms with Crippen molar-refractivity contribution in [2.24, 2.45) is 0 Å². The molecular formula is C14H16BrF3N2O3S. The highest BCUT2D eigenvalue weighted by atomic mass is 79.9. The van der Waals surface area contributed by atoms with Gasteiger partial charge in [-0.15, -0.1) is 0 Å². The summed E-state index contributed by atoms with van der Waals surface area (Å²) < 4.78 is 70.5. The normalized spacial score (nSPS) is 22.2. The van der Waals surface area contributed by atoms with Gasteiger partial charge in [0, 0.05) is 36.9 Å². The molecule has 2 heterocycles. The smallest absolute Gasteiger partial charge is 0.359 e. The molecule has 0 radical (unpaired) electrons. The first kappa shape index (κ1) is 18.1. The number of nitrogens with one attached hydrogen (secondary N) is 1. The minimum Gasteiger partial charge on any atom is -0.359 e. The molecule has 0 amide bonds. The van der Waals surface area contributed by atoms with Crippen LogP contribution in [0.25, 0.3) is 0 Å². The number of hydrogen-bond acceptors (Lipinski definition) is 4. The van der Waals surface area contributed by atoms with Gasteiger partial charge in [0.15, 0.2) is 0 Å². The van der Waals surface area contributed by atoms with E-state index in [2.05, 4.69) is 21.2 Å². The van der Waals surface area contributed by atoms with Crippen molar-refractivity contribution in [2.75, 3.05) is 26.2 Å². The highest BCUT2D eigenvalue weighted by Gasteiger charge is 2.42. The van der Waals surface area contributed by atoms with E-state index in [-0.39, 0.29) is 22.5 Å². The lowest BCUT2D eigenvalue weighted by Crippen LogP contribution is -2.52. The zero-order chi connectivity index (χ0) is 17.6. The van der Waals surface area contributed by atoms with Crippen LogP contribution in [0.1, 0.15) is 18.4 Å². The molecule has 2 aliphatic rings. The van der Waals surface area contributed by atoms with Gasteiger partial charge in [-0.1, -0.05) is 0 Å². The maximum atomic E-state index is 12.7. The summed E-state index contributed by atoms with van der Waals surface area (Å²) in [7, 11) is -3.87. The van der Waals surface area contributed by atoms with Gasteiger partial charge in [0.05, 0.1) is 17.1 Å². The van der Waals surface area contributed by atoms with Gasteiger partial charge in [-0.25, -0.2) is 8.42 Å². The van der Waals surface area contributed by atoms with Gasteiger partial charge in [-0.2, -0.15) is 17.5 Å². The Labute approximate surface area is 146 Å². The Morgan fingerprint density at radius 3 is 2.42 bits per heavy atom. The highest BCUT2D eigenvalue weighted by Crippen LogP contribution is 2.36. The molecule has 24 heavy (non-hydrogen) atoms. The second kappa shape index (κ2) is 6.24. The predicted octanol–water partition coefficient (Wildman–Crippen LogP) is 2.57. The minimum atomic E-state index is -4.52. The van der Waals surface area contributed by atoms with Crippen LogP contribution in [0.4, 0.5) is 13.2 Å². The molecule has 0 aromatic heterocycles. The molecule has 10 heteroatoms. The first-order valence-corrected chi connectivity index (χ1v) is 9.63. The molecule has 1 aromatic rings. The van der Waals surface area contributed by atoms with Crippen LogP contribution in [0.15, 0.2) is 27.6 Å². The van der Waals surface area contributed by atoms with Gasteiger partial charge < -0.3 is 4.74 Å². The quantitative estimate of drug-likeness (QED) is 0.786. The average molecular weight is 429 g/mol. The number of benzene rings is 1. The third-order valence-electron chi connectivity index (χ3n) is 4.33. The van der Waals surface area contributed by atoms with Crippen molar-refractivity contribution in [2.45, 2.75) is 29.6 Å². The standard InChI is InChI=1S/C14H16BrF3N2O3S/c15-11-9-10(14(16,17)18)1-2-12(11)24(21,22)20-6-3-13(4-7-20)19-5-8-23-13/h1-2,9,19H,3-8H2. The van der Waals surface area contributed by atoms with Crippen molar-refractivity contribution >= 4 is 26.0 Å². The Morgan fingerprint density at radius 1 is 1.25 bits per heavy atom. The Bertz CT molecular complexity index is 723. The van der Waals surface area contributed by atoms with Crippen molar-refractivity contribution in [1.82, 2.24) is 9.62 Å². The molecule has 2 fully saturated rings. The van der Waals surface area contributed by atoms with Crippen LogP contribution in [-0.4, -0.2) is 44.7 Å². The van der Waals surface area contributed by atoms with Crippen LogP contribution in [0.3, 0.4) is 0 Å². The van der Waals surface area contributed by atoms with E-state index in [1.165, 1.54) is 4.31 Å². The van der Waals surface area contributed by atoms with E-state index in [9.17, 15) is 21.6 Å². The van der Waals surface area contributed by atoms with Crippen molar-refractivity contribution in [1.29, 1.82) is 0 Å². The Morgan fingerprint density at radius 2 is 1.92 bits per heavy atom. The van der Waals surface area contributed by atoms with Crippen LogP contribution in [-0.2, 0) is 20.9 Å². The van der Waals surface area contributed by atoms with Crippen molar-refractivity contribution in [3.63, 3.8) is 0 Å². The van der Waals surface area contributed by atoms with Crippen LogP contribution in [0, 0.1) is 0 Å². The Kier molecular flexibility index (Phi) is 4.71. The first-order chi connectivity index (χ1) is 11.1. The van der Waals surface area contributed by atoms with Crippen LogP contribution in [0.5, 0.6) is 0 Å². The maximum absolute atomic E-state index is 12.7. The molecule has 0 aliphatic carbocycles. The highest BCUT2D eigenvalue weighted by molar-refractivity contribution is 9.10. The number of ether oxygens (including phenoxy) is 1. The molecule has 2 aliphatic heterocycles. The largest absolute Gasteiger partial charge is 0.416 e. The van der Waals surface area contributed by atoms with Crippen LogP contribution in [0.2, 0.25) is 0 Å². The lowest BCUT2D eigenvalue weighted by atomic mass is 10.0. The molecular weight excluding hydrogens is 413 g/mol. The van der Waals surface area contributed by atoms with E-state index < -0.39 is 27.5 Å². The van der Waals surface area contributed by atoms with Gasteiger partial charge in [0.25, 0.3) is 0 Å². The van der Waals surface area contributed by atoms with Gasteiger partial charge in [0.1, 0.15) is 5.72 Å². The fraction of sp³-hybridized carbons (Fsp3) is 0.571. The van der Waals surface area contributed by atoms with Crippen LogP contribution >= 0.6 is 15.9 Å². The third kappa shape index (κ3) is 3.34. The molecule has 2 saturated heterocycles. The summed E-state index contributed by atoms with van der Waals surface area (Å²) in [6, 6.07) is 2.57. The van der Waals surface area contributed by atoms with Crippen molar-refractivity contribution < 1.29 is 26.3 Å². The topological polar surface area (TPSA) is 58.6 Å². The van der Waals surface area contributed by atoms with E-state index in [0.717, 1.165) is 24.7 Å². The predicted molar refractivity (Wildman–Crippen MR) is 83.8 cm³/mol. The van der Waals surface area contributed by atoms with Crippen molar-refractivity contribution in [3.8, 4) is 0 Å². The summed E-state index contributed by atoms with van der Waals surface area (Å²) in [5.74, 6) is 0. The summed E-state index contributed by atoms with van der Waals surface area (Å²) in [4.78, 5) is -0.160. The first-order valence-electron chi connectivity index (χ1n) is 7.40. The molecule has 3 rings (SSSR count). The molecule has 1 N–H and O–H groups in total. The number of alkyl halides is 3. The molecule has 1 spiro atoms. The van der Waals surface area contributed by atoms with Gasteiger partial charge in [0.2, 0.25) is 10.0 Å². The van der Waals surface area contributed by atoms with E-state index in [0.29, 0.717) is 19.4 Å². The van der Waals surface area contributed by atoms with E-state index in [1.807, 2.05) is 0 Å². The number of piperidine rings is 1. The second-order valence-electron chi connectivity index (χ2n) is 5.82. The lowest BCUT2D eigenvalue weighted by molar-refractivity contribution is -0.137. The van der Waals surface area contributed by atoms with Gasteiger partial charge >= 0.3 is 6.18 Å². The number of sulfonamides is 1. The monoisotopic (exact) mass is 428 g/mol. The molecule has 0 bridgehead atoms. The second-order valence-corrected chi connectivity index (χ2v) is 8.58. The molecule has 5 nitrogen and oxygen atoms in total. The Hall–Kier alpha value is -0.680. The Balaban J connectivity index is 1.81. The fourth-order valence-corrected chi connectivity index (χ4v) is 5.49. The van der Waals surface area contributed by atoms with E-state index in [4.69, 9.17) is 4.74 Å². The number of nitrogens with zero attached hydrogens (tertiary/aromatic N) is 1. The molecule has 0 unspecified atom stereocenters. The maximum Gasteiger partial charge on any atom is 0.416 e. The SMILES string of the molecule is O=S(=O)(c1ccc(C(F)(F)F)cc1Br)N1CCC2(CC1)NCCO2. The van der Waals surface area contributed by atoms with Gasteiger partial charge in [-0.05, 0) is 34.1 Å². The summed E-state index contributed by atoms with van der Waals surface area (Å²) in [5, 5.41) is 3.24. The summed E-state index contributed by atoms with van der Waals surface area (Å²) >= 11 is 2.96. The summed E-state index contributed by atoms with van der Waals surface area (Å²) in [6.07, 6.45) is -3.51. The zero-order valence-electron chi connectivity index (χ0n) is 12.6. The fourth-order valence-electron chi connectivity index (χ4n) is 3.01. The number of hydrogen-bond donors (Lipinski definition) is 1. The summed E-state index contributed by atoms with van der Waals surface area (Å²) in [6.45, 7) is 1.83. The summed E-state index contributed by atoms with van der Waals surface area (Å²) in [5.41, 5.74) is -1.36. The van der Waals surface area contributed by atoms with Crippen LogP contribution < -0.4 is 5.32 Å².